The topological polar surface area (TPSA) is 86.8 Å². The van der Waals surface area contributed by atoms with E-state index >= 15 is 0 Å². The SMILES string of the molecule is N[C@@H](Cc1ccccc1)[C@@H](O)CCC(=O)N(Cc1ccccc1)[C@H]1c2ccccc2C[C@H]1O. The van der Waals surface area contributed by atoms with E-state index < -0.39 is 24.3 Å². The van der Waals surface area contributed by atoms with Gasteiger partial charge in [0.15, 0.2) is 0 Å². The third kappa shape index (κ3) is 5.69. The largest absolute Gasteiger partial charge is 0.391 e. The van der Waals surface area contributed by atoms with Crippen molar-refractivity contribution in [3.8, 4) is 0 Å². The highest BCUT2D eigenvalue weighted by Gasteiger charge is 2.37. The fourth-order valence-corrected chi connectivity index (χ4v) is 4.70. The molecule has 1 amide bonds. The van der Waals surface area contributed by atoms with E-state index in [0.717, 1.165) is 22.3 Å². The molecule has 5 nitrogen and oxygen atoms in total. The molecular weight excluding hydrogens is 412 g/mol. The molecule has 0 bridgehead atoms. The van der Waals surface area contributed by atoms with Crippen LogP contribution in [0, 0.1) is 0 Å². The van der Waals surface area contributed by atoms with Crippen LogP contribution >= 0.6 is 0 Å². The van der Waals surface area contributed by atoms with E-state index in [-0.39, 0.29) is 18.7 Å². The van der Waals surface area contributed by atoms with Gasteiger partial charge >= 0.3 is 0 Å². The molecule has 0 aliphatic heterocycles. The lowest BCUT2D eigenvalue weighted by molar-refractivity contribution is -0.137. The predicted molar refractivity (Wildman–Crippen MR) is 129 cm³/mol. The second kappa shape index (κ2) is 10.8. The lowest BCUT2D eigenvalue weighted by atomic mass is 9.98. The smallest absolute Gasteiger partial charge is 0.223 e. The van der Waals surface area contributed by atoms with Crippen LogP contribution in [0.2, 0.25) is 0 Å². The summed E-state index contributed by atoms with van der Waals surface area (Å²) in [4.78, 5) is 15.2. The lowest BCUT2D eigenvalue weighted by Crippen LogP contribution is -2.41. The Bertz CT molecular complexity index is 1040. The Labute approximate surface area is 195 Å². The first-order valence-corrected chi connectivity index (χ1v) is 11.6. The average molecular weight is 445 g/mol. The summed E-state index contributed by atoms with van der Waals surface area (Å²) < 4.78 is 0. The Morgan fingerprint density at radius 3 is 2.24 bits per heavy atom. The number of nitrogens with zero attached hydrogens (tertiary/aromatic N) is 1. The van der Waals surface area contributed by atoms with E-state index in [1.54, 1.807) is 4.90 Å². The molecule has 0 heterocycles. The van der Waals surface area contributed by atoms with E-state index in [2.05, 4.69) is 0 Å². The van der Waals surface area contributed by atoms with Crippen LogP contribution in [-0.2, 0) is 24.2 Å². The molecule has 4 atom stereocenters. The lowest BCUT2D eigenvalue weighted by Gasteiger charge is -2.33. The number of hydrogen-bond donors (Lipinski definition) is 3. The van der Waals surface area contributed by atoms with Gasteiger partial charge in [0.2, 0.25) is 5.91 Å². The molecule has 0 saturated carbocycles. The van der Waals surface area contributed by atoms with Crippen molar-refractivity contribution in [2.24, 2.45) is 5.73 Å². The molecule has 1 aliphatic carbocycles. The van der Waals surface area contributed by atoms with Crippen molar-refractivity contribution in [1.82, 2.24) is 4.90 Å². The molecule has 0 aromatic heterocycles. The fraction of sp³-hybridized carbons (Fsp3) is 0.321. The number of nitrogens with two attached hydrogens (primary N) is 1. The Kier molecular flexibility index (Phi) is 7.55. The van der Waals surface area contributed by atoms with Crippen LogP contribution in [0.5, 0.6) is 0 Å². The molecule has 4 rings (SSSR count). The molecule has 0 saturated heterocycles. The molecule has 3 aromatic carbocycles. The molecule has 0 unspecified atom stereocenters. The van der Waals surface area contributed by atoms with E-state index in [9.17, 15) is 15.0 Å². The predicted octanol–water partition coefficient (Wildman–Crippen LogP) is 3.38. The molecule has 0 spiro atoms. The van der Waals surface area contributed by atoms with Gasteiger partial charge in [-0.05, 0) is 35.1 Å². The summed E-state index contributed by atoms with van der Waals surface area (Å²) in [7, 11) is 0. The van der Waals surface area contributed by atoms with Crippen LogP contribution in [0.3, 0.4) is 0 Å². The summed E-state index contributed by atoms with van der Waals surface area (Å²) in [6.45, 7) is 0.405. The molecule has 1 aliphatic rings. The summed E-state index contributed by atoms with van der Waals surface area (Å²) in [5.41, 5.74) is 10.4. The van der Waals surface area contributed by atoms with Crippen LogP contribution in [0.25, 0.3) is 0 Å². The number of hydrogen-bond acceptors (Lipinski definition) is 4. The van der Waals surface area contributed by atoms with E-state index in [0.29, 0.717) is 19.4 Å². The number of carbonyl (C=O) groups excluding carboxylic acids is 1. The maximum Gasteiger partial charge on any atom is 0.223 e. The highest BCUT2D eigenvalue weighted by Crippen LogP contribution is 2.37. The van der Waals surface area contributed by atoms with Crippen molar-refractivity contribution in [2.45, 2.75) is 56.5 Å². The van der Waals surface area contributed by atoms with Gasteiger partial charge in [0, 0.05) is 25.4 Å². The van der Waals surface area contributed by atoms with Gasteiger partial charge in [0.25, 0.3) is 0 Å². The van der Waals surface area contributed by atoms with Gasteiger partial charge < -0.3 is 20.8 Å². The van der Waals surface area contributed by atoms with Crippen molar-refractivity contribution >= 4 is 5.91 Å². The molecular formula is C28H32N2O3. The number of carbonyl (C=O) groups is 1. The summed E-state index contributed by atoms with van der Waals surface area (Å²) in [5.74, 6) is -0.0921. The van der Waals surface area contributed by atoms with Crippen molar-refractivity contribution in [1.29, 1.82) is 0 Å². The van der Waals surface area contributed by atoms with Crippen LogP contribution in [0.1, 0.15) is 41.1 Å². The molecule has 33 heavy (non-hydrogen) atoms. The molecule has 172 valence electrons. The van der Waals surface area contributed by atoms with Crippen LogP contribution in [0.4, 0.5) is 0 Å². The second-order valence-electron chi connectivity index (χ2n) is 8.88. The van der Waals surface area contributed by atoms with Crippen LogP contribution in [0.15, 0.2) is 84.9 Å². The summed E-state index contributed by atoms with van der Waals surface area (Å²) in [5, 5.41) is 21.5. The highest BCUT2D eigenvalue weighted by atomic mass is 16.3. The summed E-state index contributed by atoms with van der Waals surface area (Å²) in [6.07, 6.45) is 0.0986. The Morgan fingerprint density at radius 2 is 1.55 bits per heavy atom. The zero-order valence-corrected chi connectivity index (χ0v) is 18.8. The molecule has 3 aromatic rings. The van der Waals surface area contributed by atoms with Crippen molar-refractivity contribution < 1.29 is 15.0 Å². The number of aliphatic hydroxyl groups is 2. The first kappa shape index (κ1) is 23.2. The van der Waals surface area contributed by atoms with Crippen molar-refractivity contribution in [2.75, 3.05) is 0 Å². The third-order valence-electron chi connectivity index (χ3n) is 6.48. The maximum absolute atomic E-state index is 13.4. The molecule has 4 N–H and O–H groups in total. The van der Waals surface area contributed by atoms with Gasteiger partial charge in [-0.2, -0.15) is 0 Å². The quantitative estimate of drug-likeness (QED) is 0.472. The molecule has 0 fully saturated rings. The summed E-state index contributed by atoms with van der Waals surface area (Å²) >= 11 is 0. The van der Waals surface area contributed by atoms with E-state index in [1.807, 2.05) is 84.9 Å². The highest BCUT2D eigenvalue weighted by molar-refractivity contribution is 5.77. The average Bonchev–Trinajstić information content (AvgIpc) is 3.17. The van der Waals surface area contributed by atoms with Crippen LogP contribution in [-0.4, -0.2) is 39.3 Å². The van der Waals surface area contributed by atoms with Crippen LogP contribution < -0.4 is 5.73 Å². The van der Waals surface area contributed by atoms with Gasteiger partial charge in [-0.15, -0.1) is 0 Å². The first-order chi connectivity index (χ1) is 16.0. The maximum atomic E-state index is 13.4. The van der Waals surface area contributed by atoms with Crippen molar-refractivity contribution in [3.63, 3.8) is 0 Å². The summed E-state index contributed by atoms with van der Waals surface area (Å²) in [6, 6.07) is 26.7. The minimum Gasteiger partial charge on any atom is -0.391 e. The number of benzene rings is 3. The zero-order chi connectivity index (χ0) is 23.2. The normalized spacial score (nSPS) is 19.0. The molecule has 0 radical (unpaired) electrons. The Hall–Kier alpha value is -2.99. The van der Waals surface area contributed by atoms with Gasteiger partial charge in [0.1, 0.15) is 0 Å². The van der Waals surface area contributed by atoms with Gasteiger partial charge in [-0.25, -0.2) is 0 Å². The number of amides is 1. The van der Waals surface area contributed by atoms with Gasteiger partial charge in [-0.3, -0.25) is 4.79 Å². The third-order valence-corrected chi connectivity index (χ3v) is 6.48. The van der Waals surface area contributed by atoms with Gasteiger partial charge in [-0.1, -0.05) is 84.9 Å². The monoisotopic (exact) mass is 444 g/mol. The standard InChI is InChI=1S/C28H32N2O3/c29-24(17-20-9-3-1-4-10-20)25(31)15-16-27(33)30(19-21-11-5-2-6-12-21)28-23-14-8-7-13-22(23)18-26(28)32/h1-14,24-26,28,31-32H,15-19,29H2/t24-,25-,26+,28-/m0/s1. The minimum atomic E-state index is -0.784. The fourth-order valence-electron chi connectivity index (χ4n) is 4.70. The minimum absolute atomic E-state index is 0.0921. The van der Waals surface area contributed by atoms with Gasteiger partial charge in [0.05, 0.1) is 18.2 Å². The first-order valence-electron chi connectivity index (χ1n) is 11.6. The number of fused-ring (bicyclic) bond motifs is 1. The second-order valence-corrected chi connectivity index (χ2v) is 8.88. The van der Waals surface area contributed by atoms with E-state index in [4.69, 9.17) is 5.73 Å². The number of rotatable bonds is 9. The van der Waals surface area contributed by atoms with E-state index in [1.165, 1.54) is 0 Å². The zero-order valence-electron chi connectivity index (χ0n) is 18.8. The van der Waals surface area contributed by atoms with Crippen molar-refractivity contribution in [3.05, 3.63) is 107 Å². The molecule has 5 heteroatoms. The Morgan fingerprint density at radius 1 is 0.939 bits per heavy atom. The Balaban J connectivity index is 1.47. The number of aliphatic hydroxyl groups excluding tert-OH is 2.